The fourth-order valence-corrected chi connectivity index (χ4v) is 2.92. The molecule has 0 radical (unpaired) electrons. The molecular weight excluding hydrogens is 531 g/mol. The van der Waals surface area contributed by atoms with E-state index in [0.717, 1.165) is 48.8 Å². The number of methoxy groups -OCH3 is 1. The van der Waals surface area contributed by atoms with Crippen LogP contribution in [0.2, 0.25) is 0 Å². The molecule has 0 spiro atoms. The smallest absolute Gasteiger partial charge is 0.344 e. The van der Waals surface area contributed by atoms with Gasteiger partial charge in [-0.05, 0) is 58.2 Å². The summed E-state index contributed by atoms with van der Waals surface area (Å²) in [6.45, 7) is -0.0300. The van der Waals surface area contributed by atoms with Crippen LogP contribution in [-0.2, 0) is 20.9 Å². The van der Waals surface area contributed by atoms with Gasteiger partial charge in [0.2, 0.25) is 0 Å². The highest BCUT2D eigenvalue weighted by Gasteiger charge is 2.05. The van der Waals surface area contributed by atoms with E-state index in [4.69, 9.17) is 14.2 Å². The summed E-state index contributed by atoms with van der Waals surface area (Å²) < 4.78 is 18.6. The summed E-state index contributed by atoms with van der Waals surface area (Å²) in [5.41, 5.74) is 2.09. The summed E-state index contributed by atoms with van der Waals surface area (Å²) in [5, 5.41) is 0. The van der Waals surface area contributed by atoms with E-state index in [2.05, 4.69) is 21.7 Å². The Balaban J connectivity index is 1.77. The van der Waals surface area contributed by atoms with E-state index in [1.807, 2.05) is 34.7 Å². The molecule has 0 N–H and O–H groups in total. The molecule has 2 aromatic rings. The molecule has 0 unspecified atom stereocenters. The number of carbonyl (C=O) groups excluding carboxylic acids is 2. The zero-order chi connectivity index (χ0) is 23.7. The molecule has 170 valence electrons. The topological polar surface area (TPSA) is 61.8 Å². The molecule has 0 heterocycles. The van der Waals surface area contributed by atoms with Crippen LogP contribution in [0.5, 0.6) is 11.5 Å². The summed E-state index contributed by atoms with van der Waals surface area (Å²) in [4.78, 5) is 23.2. The minimum Gasteiger partial charge on any atom is -0.497 e. The van der Waals surface area contributed by atoms with Crippen LogP contribution in [0.1, 0.15) is 36.8 Å². The number of aldehydes is 1. The number of esters is 1. The van der Waals surface area contributed by atoms with Crippen LogP contribution in [0.15, 0.2) is 54.1 Å². The third kappa shape index (κ3) is 10.8. The van der Waals surface area contributed by atoms with Crippen molar-refractivity contribution in [3.05, 3.63) is 65.2 Å². The van der Waals surface area contributed by atoms with E-state index in [9.17, 15) is 9.59 Å². The van der Waals surface area contributed by atoms with Gasteiger partial charge in [0, 0.05) is 35.4 Å². The average molecular weight is 556 g/mol. The van der Waals surface area contributed by atoms with E-state index >= 15 is 0 Å². The standard InChI is InChI=1S/C27H25IO5/c1-31-25-13-11-23(12-14-25)20-33-27(30)21-32-26-15-9-22(10-16-26)18-24(19-29)8-6-4-2-3-5-7-17-28/h9-16,18-19H,2-5,20-21H2,1H3/b24-18-. The molecule has 2 aromatic carbocycles. The molecule has 0 aliphatic heterocycles. The number of hydrogen-bond donors (Lipinski definition) is 0. The fourth-order valence-electron chi connectivity index (χ4n) is 2.65. The van der Waals surface area contributed by atoms with E-state index in [1.165, 1.54) is 0 Å². The van der Waals surface area contributed by atoms with Gasteiger partial charge in [-0.25, -0.2) is 4.79 Å². The maximum atomic E-state index is 11.9. The van der Waals surface area contributed by atoms with Gasteiger partial charge >= 0.3 is 5.97 Å². The summed E-state index contributed by atoms with van der Waals surface area (Å²) in [5.74, 6) is 9.75. The highest BCUT2D eigenvalue weighted by Crippen LogP contribution is 2.15. The Morgan fingerprint density at radius 1 is 0.970 bits per heavy atom. The monoisotopic (exact) mass is 556 g/mol. The first-order chi connectivity index (χ1) is 16.1. The SMILES string of the molecule is COc1ccc(COC(=O)COc2ccc(/C=C(/C#CCCCCC#CI)C=O)cc2)cc1. The van der Waals surface area contributed by atoms with E-state index < -0.39 is 5.97 Å². The van der Waals surface area contributed by atoms with Crippen molar-refractivity contribution in [2.24, 2.45) is 0 Å². The Hall–Kier alpha value is -3.23. The number of benzene rings is 2. The molecule has 0 amide bonds. The summed E-state index contributed by atoms with van der Waals surface area (Å²) in [7, 11) is 1.60. The second-order valence-electron chi connectivity index (χ2n) is 6.86. The Bertz CT molecular complexity index is 1050. The van der Waals surface area contributed by atoms with Crippen molar-refractivity contribution < 1.29 is 23.8 Å². The normalized spacial score (nSPS) is 10.2. The van der Waals surface area contributed by atoms with Gasteiger partial charge in [0.15, 0.2) is 12.9 Å². The molecule has 0 aliphatic carbocycles. The van der Waals surface area contributed by atoms with Gasteiger partial charge in [-0.1, -0.05) is 42.0 Å². The number of ether oxygens (including phenoxy) is 3. The first-order valence-corrected chi connectivity index (χ1v) is 11.5. The quantitative estimate of drug-likeness (QED) is 0.0932. The largest absolute Gasteiger partial charge is 0.497 e. The van der Waals surface area contributed by atoms with Gasteiger partial charge in [0.25, 0.3) is 0 Å². The van der Waals surface area contributed by atoms with Crippen molar-refractivity contribution in [1.29, 1.82) is 0 Å². The lowest BCUT2D eigenvalue weighted by atomic mass is 10.1. The number of unbranched alkanes of at least 4 members (excludes halogenated alkanes) is 3. The van der Waals surface area contributed by atoms with Gasteiger partial charge in [-0.3, -0.25) is 4.79 Å². The van der Waals surface area contributed by atoms with E-state index in [0.29, 0.717) is 11.3 Å². The van der Waals surface area contributed by atoms with E-state index in [-0.39, 0.29) is 13.2 Å². The van der Waals surface area contributed by atoms with Gasteiger partial charge in [-0.2, -0.15) is 0 Å². The zero-order valence-electron chi connectivity index (χ0n) is 18.4. The third-order valence-electron chi connectivity index (χ3n) is 4.40. The lowest BCUT2D eigenvalue weighted by molar-refractivity contribution is -0.147. The number of allylic oxidation sites excluding steroid dienone is 1. The second-order valence-corrected chi connectivity index (χ2v) is 7.40. The van der Waals surface area contributed by atoms with Crippen LogP contribution in [0.4, 0.5) is 0 Å². The van der Waals surface area contributed by atoms with Crippen LogP contribution >= 0.6 is 22.6 Å². The second kappa shape index (κ2) is 15.6. The predicted octanol–water partition coefficient (Wildman–Crippen LogP) is 5.36. The molecule has 0 fully saturated rings. The molecule has 0 saturated heterocycles. The lowest BCUT2D eigenvalue weighted by Gasteiger charge is -2.08. The maximum Gasteiger partial charge on any atom is 0.344 e. The minimum absolute atomic E-state index is 0.165. The molecule has 2 rings (SSSR count). The molecule has 5 nitrogen and oxygen atoms in total. The van der Waals surface area contributed by atoms with Crippen LogP contribution in [0.3, 0.4) is 0 Å². The zero-order valence-corrected chi connectivity index (χ0v) is 20.6. The van der Waals surface area contributed by atoms with Crippen molar-refractivity contribution in [2.75, 3.05) is 13.7 Å². The first kappa shape index (κ1) is 26.0. The third-order valence-corrected chi connectivity index (χ3v) is 4.78. The lowest BCUT2D eigenvalue weighted by Crippen LogP contribution is -2.14. The molecule has 0 saturated carbocycles. The maximum absolute atomic E-state index is 11.9. The van der Waals surface area contributed by atoms with Gasteiger partial charge < -0.3 is 14.2 Å². The highest BCUT2D eigenvalue weighted by molar-refractivity contribution is 14.1. The summed E-state index contributed by atoms with van der Waals surface area (Å²) in [6.07, 6.45) is 6.03. The minimum atomic E-state index is -0.463. The number of rotatable bonds is 11. The first-order valence-electron chi connectivity index (χ1n) is 10.4. The Morgan fingerprint density at radius 3 is 2.27 bits per heavy atom. The fraction of sp³-hybridized carbons (Fsp3) is 0.259. The van der Waals surface area contributed by atoms with Crippen LogP contribution in [0, 0.1) is 21.7 Å². The number of halogens is 1. The Labute approximate surface area is 208 Å². The van der Waals surface area contributed by atoms with Gasteiger partial charge in [-0.15, -0.1) is 0 Å². The Kier molecular flexibility index (Phi) is 12.3. The summed E-state index contributed by atoms with van der Waals surface area (Å²) in [6, 6.07) is 14.3. The van der Waals surface area contributed by atoms with Crippen LogP contribution in [-0.4, -0.2) is 26.0 Å². The molecule has 0 aliphatic rings. The Morgan fingerprint density at radius 2 is 1.64 bits per heavy atom. The average Bonchev–Trinajstić information content (AvgIpc) is 2.86. The summed E-state index contributed by atoms with van der Waals surface area (Å²) >= 11 is 2.03. The van der Waals surface area contributed by atoms with Gasteiger partial charge in [0.05, 0.1) is 12.7 Å². The molecule has 0 atom stereocenters. The van der Waals surface area contributed by atoms with E-state index in [1.54, 1.807) is 49.6 Å². The van der Waals surface area contributed by atoms with Crippen molar-refractivity contribution in [1.82, 2.24) is 0 Å². The van der Waals surface area contributed by atoms with Crippen LogP contribution < -0.4 is 9.47 Å². The number of hydrogen-bond acceptors (Lipinski definition) is 5. The highest BCUT2D eigenvalue weighted by atomic mass is 127. The predicted molar refractivity (Wildman–Crippen MR) is 137 cm³/mol. The van der Waals surface area contributed by atoms with Crippen molar-refractivity contribution in [2.45, 2.75) is 32.3 Å². The molecule has 0 bridgehead atoms. The molecular formula is C27H25IO5. The van der Waals surface area contributed by atoms with Crippen LogP contribution in [0.25, 0.3) is 6.08 Å². The van der Waals surface area contributed by atoms with Gasteiger partial charge in [0.1, 0.15) is 18.1 Å². The van der Waals surface area contributed by atoms with Crippen molar-refractivity contribution >= 4 is 40.9 Å². The van der Waals surface area contributed by atoms with Crippen molar-refractivity contribution in [3.63, 3.8) is 0 Å². The molecule has 33 heavy (non-hydrogen) atoms. The molecule has 0 aromatic heterocycles. The van der Waals surface area contributed by atoms with Crippen molar-refractivity contribution in [3.8, 4) is 33.2 Å². The number of carbonyl (C=O) groups is 2. The molecule has 6 heteroatoms.